The van der Waals surface area contributed by atoms with Crippen LogP contribution in [0.15, 0.2) is 0 Å². The number of halogens is 7. The quantitative estimate of drug-likeness (QED) is 0.478. The van der Waals surface area contributed by atoms with E-state index in [0.717, 1.165) is 0 Å². The van der Waals surface area contributed by atoms with Gasteiger partial charge in [0.05, 0.1) is 0 Å². The maximum atomic E-state index is 13.4. The van der Waals surface area contributed by atoms with E-state index in [9.17, 15) is 30.5 Å². The third-order valence-corrected chi connectivity index (χ3v) is 4.22. The van der Waals surface area contributed by atoms with Crippen LogP contribution in [0.4, 0.5) is 30.5 Å². The van der Waals surface area contributed by atoms with Crippen molar-refractivity contribution in [1.82, 2.24) is 0 Å². The van der Waals surface area contributed by atoms with Crippen molar-refractivity contribution in [3.63, 3.8) is 0 Å². The zero-order valence-electron chi connectivity index (χ0n) is 7.71. The molecule has 92 valence electrons. The van der Waals surface area contributed by atoms with Gasteiger partial charge in [0.1, 0.15) is 0 Å². The molecule has 0 aliphatic carbocycles. The van der Waals surface area contributed by atoms with Crippen molar-refractivity contribution in [3.05, 3.63) is 0 Å². The van der Waals surface area contributed by atoms with E-state index in [1.165, 1.54) is 0 Å². The van der Waals surface area contributed by atoms with Gasteiger partial charge in [-0.05, 0) is 0 Å². The second-order valence-corrected chi connectivity index (χ2v) is 8.87. The molecule has 1 heterocycles. The molecule has 0 atom stereocenters. The average molecular weight is 260 g/mol. The molecular weight excluding hydrogens is 252 g/mol. The van der Waals surface area contributed by atoms with E-state index in [-0.39, 0.29) is 0 Å². The second kappa shape index (κ2) is 2.59. The molecule has 1 aliphatic rings. The zero-order valence-corrected chi connectivity index (χ0v) is 8.60. The van der Waals surface area contributed by atoms with Gasteiger partial charge in [0.15, 0.2) is 0 Å². The molecule has 15 heavy (non-hydrogen) atoms. The Bertz CT molecular complexity index is 257. The number of alkyl halides is 6. The first-order chi connectivity index (χ1) is 6.18. The Hall–Kier alpha value is -0.100. The molecule has 1 fully saturated rings. The molecular formula is C6H8F7OP. The van der Waals surface area contributed by atoms with Crippen LogP contribution in [0.2, 0.25) is 0 Å². The summed E-state index contributed by atoms with van der Waals surface area (Å²) in [5, 5.41) is 0. The number of rotatable bonds is 0. The van der Waals surface area contributed by atoms with Crippen LogP contribution in [0.25, 0.3) is 0 Å². The van der Waals surface area contributed by atoms with Crippen molar-refractivity contribution in [3.8, 4) is 0 Å². The molecule has 1 rings (SSSR count). The molecule has 0 aromatic heterocycles. The normalized spacial score (nSPS) is 31.1. The van der Waals surface area contributed by atoms with Crippen molar-refractivity contribution in [2.45, 2.75) is 18.0 Å². The van der Waals surface area contributed by atoms with E-state index >= 15 is 0 Å². The standard InChI is InChI=1S/C6H8F7OP/c1-15(2,13)3-4(14-15,5(7,8)9)6(10,11)12/h3H2,1-2H3. The zero-order chi connectivity index (χ0) is 12.4. The van der Waals surface area contributed by atoms with E-state index in [4.69, 9.17) is 0 Å². The fourth-order valence-corrected chi connectivity index (χ4v) is 4.29. The molecule has 0 aromatic carbocycles. The van der Waals surface area contributed by atoms with Gasteiger partial charge in [-0.15, -0.1) is 0 Å². The Morgan fingerprint density at radius 2 is 1.27 bits per heavy atom. The Morgan fingerprint density at radius 1 is 1.00 bits per heavy atom. The fraction of sp³-hybridized carbons (Fsp3) is 1.00. The van der Waals surface area contributed by atoms with Crippen LogP contribution in [-0.4, -0.2) is 37.4 Å². The predicted molar refractivity (Wildman–Crippen MR) is 40.7 cm³/mol. The summed E-state index contributed by atoms with van der Waals surface area (Å²) in [6.45, 7) is 1.34. The fourth-order valence-electron chi connectivity index (χ4n) is 1.54. The van der Waals surface area contributed by atoms with Crippen LogP contribution >= 0.6 is 7.14 Å². The molecule has 0 spiro atoms. The molecule has 1 nitrogen and oxygen atoms in total. The van der Waals surface area contributed by atoms with Crippen LogP contribution in [-0.2, 0) is 4.52 Å². The van der Waals surface area contributed by atoms with Crippen molar-refractivity contribution >= 4 is 7.14 Å². The molecule has 0 amide bonds. The monoisotopic (exact) mass is 260 g/mol. The summed E-state index contributed by atoms with van der Waals surface area (Å²) in [6, 6.07) is 0. The molecule has 9 heteroatoms. The van der Waals surface area contributed by atoms with E-state index in [1.807, 2.05) is 0 Å². The number of hydrogen-bond donors (Lipinski definition) is 0. The third kappa shape index (κ3) is 1.93. The molecule has 0 N–H and O–H groups in total. The first-order valence-corrected chi connectivity index (χ1v) is 6.88. The van der Waals surface area contributed by atoms with Gasteiger partial charge in [0.25, 0.3) is 0 Å². The van der Waals surface area contributed by atoms with Gasteiger partial charge in [-0.1, -0.05) is 0 Å². The van der Waals surface area contributed by atoms with E-state index in [2.05, 4.69) is 4.52 Å². The Morgan fingerprint density at radius 3 is 1.33 bits per heavy atom. The summed E-state index contributed by atoms with van der Waals surface area (Å²) in [5.41, 5.74) is -4.32. The summed E-state index contributed by atoms with van der Waals surface area (Å²) in [6.07, 6.45) is -13.0. The number of hydrogen-bond acceptors (Lipinski definition) is 1. The van der Waals surface area contributed by atoms with Crippen LogP contribution in [0, 0.1) is 0 Å². The minimum absolute atomic E-state index is 0.668. The first-order valence-electron chi connectivity index (χ1n) is 3.75. The van der Waals surface area contributed by atoms with Crippen molar-refractivity contribution in [1.29, 1.82) is 0 Å². The van der Waals surface area contributed by atoms with Gasteiger partial charge in [0, 0.05) is 0 Å². The van der Waals surface area contributed by atoms with Crippen LogP contribution in [0.5, 0.6) is 0 Å². The van der Waals surface area contributed by atoms with Crippen LogP contribution < -0.4 is 0 Å². The first kappa shape index (κ1) is 13.0. The Kier molecular flexibility index (Phi) is 2.24. The summed E-state index contributed by atoms with van der Waals surface area (Å²) in [5.74, 6) is 0. The second-order valence-electron chi connectivity index (χ2n) is 4.17. The minimum atomic E-state index is -5.65. The molecule has 1 aliphatic heterocycles. The molecule has 0 bridgehead atoms. The van der Waals surface area contributed by atoms with Gasteiger partial charge in [0.2, 0.25) is 0 Å². The molecule has 1 saturated heterocycles. The average Bonchev–Trinajstić information content (AvgIpc) is 1.74. The van der Waals surface area contributed by atoms with E-state index in [0.29, 0.717) is 13.3 Å². The Labute approximate surface area is 80.7 Å². The van der Waals surface area contributed by atoms with E-state index < -0.39 is 31.3 Å². The maximum absolute atomic E-state index is 13.4. The van der Waals surface area contributed by atoms with Crippen molar-refractivity contribution in [2.24, 2.45) is 0 Å². The van der Waals surface area contributed by atoms with Gasteiger partial charge < -0.3 is 0 Å². The van der Waals surface area contributed by atoms with Gasteiger partial charge >= 0.3 is 79.6 Å². The van der Waals surface area contributed by atoms with Gasteiger partial charge in [-0.25, -0.2) is 0 Å². The van der Waals surface area contributed by atoms with E-state index in [1.54, 1.807) is 0 Å². The summed E-state index contributed by atoms with van der Waals surface area (Å²) < 4.78 is 90.0. The van der Waals surface area contributed by atoms with Crippen LogP contribution in [0.1, 0.15) is 0 Å². The summed E-state index contributed by atoms with van der Waals surface area (Å²) in [7, 11) is -4.71. The summed E-state index contributed by atoms with van der Waals surface area (Å²) in [4.78, 5) is 0. The molecule has 0 saturated carbocycles. The third-order valence-electron chi connectivity index (χ3n) is 2.02. The van der Waals surface area contributed by atoms with Gasteiger partial charge in [-0.3, -0.25) is 0 Å². The SMILES string of the molecule is CP1(C)(F)CC(C(F)(F)F)(C(F)(F)F)O1. The topological polar surface area (TPSA) is 9.23 Å². The Balaban J connectivity index is 3.09. The van der Waals surface area contributed by atoms with Crippen molar-refractivity contribution < 1.29 is 35.1 Å². The van der Waals surface area contributed by atoms with Gasteiger partial charge in [-0.2, -0.15) is 0 Å². The summed E-state index contributed by atoms with van der Waals surface area (Å²) >= 11 is 0. The predicted octanol–water partition coefficient (Wildman–Crippen LogP) is 3.49. The molecule has 0 unspecified atom stereocenters. The van der Waals surface area contributed by atoms with Crippen LogP contribution in [0.3, 0.4) is 0 Å². The van der Waals surface area contributed by atoms with Crippen molar-refractivity contribution in [2.75, 3.05) is 19.5 Å². The molecule has 0 radical (unpaired) electrons. The molecule has 0 aromatic rings.